The summed E-state index contributed by atoms with van der Waals surface area (Å²) in [6.45, 7) is 3.99. The van der Waals surface area contributed by atoms with Gasteiger partial charge >= 0.3 is 0 Å². The van der Waals surface area contributed by atoms with Crippen LogP contribution in [0.4, 0.5) is 0 Å². The van der Waals surface area contributed by atoms with E-state index in [1.807, 2.05) is 0 Å². The molecule has 0 radical (unpaired) electrons. The Labute approximate surface area is 97.3 Å². The minimum absolute atomic E-state index is 0.141. The molecule has 0 aliphatic rings. The number of hydrogen-bond donors (Lipinski definition) is 0. The molecule has 0 fully saturated rings. The monoisotopic (exact) mass is 220 g/mol. The molecule has 0 atom stereocenters. The maximum atomic E-state index is 11.7. The highest BCUT2D eigenvalue weighted by Gasteiger charge is 2.06. The van der Waals surface area contributed by atoms with Crippen LogP contribution >= 0.6 is 0 Å². The van der Waals surface area contributed by atoms with Crippen molar-refractivity contribution in [2.75, 3.05) is 0 Å². The molecule has 0 spiro atoms. The molecule has 1 heterocycles. The number of carbonyl (C=O) groups is 1. The Kier molecular flexibility index (Phi) is 5.68. The molecule has 0 aliphatic heterocycles. The van der Waals surface area contributed by atoms with E-state index in [1.165, 1.54) is 19.3 Å². The van der Waals surface area contributed by atoms with Gasteiger partial charge in [-0.05, 0) is 19.4 Å². The molecule has 0 unspecified atom stereocenters. The lowest BCUT2D eigenvalue weighted by Crippen LogP contribution is -2.03. The first-order valence-corrected chi connectivity index (χ1v) is 6.07. The Bertz CT molecular complexity index is 336. The Morgan fingerprint density at radius 1 is 1.25 bits per heavy atom. The molecular formula is C13H20N2O. The van der Waals surface area contributed by atoms with Gasteiger partial charge in [0.1, 0.15) is 11.5 Å². The molecule has 0 aliphatic carbocycles. The SMILES string of the molecule is CCCCCCCC(=O)c1ccnc(C)n1. The van der Waals surface area contributed by atoms with Gasteiger partial charge in [-0.15, -0.1) is 0 Å². The Morgan fingerprint density at radius 3 is 2.69 bits per heavy atom. The van der Waals surface area contributed by atoms with Crippen molar-refractivity contribution in [2.45, 2.75) is 52.4 Å². The van der Waals surface area contributed by atoms with E-state index in [-0.39, 0.29) is 5.78 Å². The maximum absolute atomic E-state index is 11.7. The van der Waals surface area contributed by atoms with Crippen LogP contribution in [0.2, 0.25) is 0 Å². The number of carbonyl (C=O) groups excluding carboxylic acids is 1. The molecule has 1 aromatic heterocycles. The van der Waals surface area contributed by atoms with Crippen molar-refractivity contribution >= 4 is 5.78 Å². The van der Waals surface area contributed by atoms with E-state index in [0.717, 1.165) is 12.8 Å². The minimum atomic E-state index is 0.141. The summed E-state index contributed by atoms with van der Waals surface area (Å²) in [5.74, 6) is 0.804. The Hall–Kier alpha value is -1.25. The number of rotatable bonds is 7. The topological polar surface area (TPSA) is 42.9 Å². The summed E-state index contributed by atoms with van der Waals surface area (Å²) in [5.41, 5.74) is 0.558. The number of hydrogen-bond acceptors (Lipinski definition) is 3. The highest BCUT2D eigenvalue weighted by atomic mass is 16.1. The van der Waals surface area contributed by atoms with E-state index >= 15 is 0 Å². The number of aryl methyl sites for hydroxylation is 1. The van der Waals surface area contributed by atoms with Crippen LogP contribution < -0.4 is 0 Å². The fraction of sp³-hybridized carbons (Fsp3) is 0.615. The summed E-state index contributed by atoms with van der Waals surface area (Å²) in [6, 6.07) is 1.70. The maximum Gasteiger partial charge on any atom is 0.181 e. The van der Waals surface area contributed by atoms with E-state index in [4.69, 9.17) is 0 Å². The quantitative estimate of drug-likeness (QED) is 0.523. The molecule has 0 saturated heterocycles. The van der Waals surface area contributed by atoms with Crippen LogP contribution in [0.5, 0.6) is 0 Å². The van der Waals surface area contributed by atoms with E-state index < -0.39 is 0 Å². The molecule has 1 aromatic rings. The molecule has 0 saturated carbocycles. The van der Waals surface area contributed by atoms with Crippen molar-refractivity contribution in [1.82, 2.24) is 9.97 Å². The molecule has 0 amide bonds. The molecular weight excluding hydrogens is 200 g/mol. The average molecular weight is 220 g/mol. The van der Waals surface area contributed by atoms with Gasteiger partial charge in [0.05, 0.1) is 0 Å². The molecule has 0 bridgehead atoms. The predicted molar refractivity (Wildman–Crippen MR) is 64.5 cm³/mol. The van der Waals surface area contributed by atoms with Crippen LogP contribution in [-0.2, 0) is 0 Å². The summed E-state index contributed by atoms with van der Waals surface area (Å²) < 4.78 is 0. The van der Waals surface area contributed by atoms with E-state index in [9.17, 15) is 4.79 Å². The van der Waals surface area contributed by atoms with Gasteiger partial charge in [-0.2, -0.15) is 0 Å². The molecule has 0 N–H and O–H groups in total. The second-order valence-corrected chi connectivity index (χ2v) is 4.08. The Balaban J connectivity index is 2.30. The molecule has 16 heavy (non-hydrogen) atoms. The number of Topliss-reactive ketones (excluding diaryl/α,β-unsaturated/α-hetero) is 1. The highest BCUT2D eigenvalue weighted by Crippen LogP contribution is 2.08. The van der Waals surface area contributed by atoms with Crippen LogP contribution in [0.25, 0.3) is 0 Å². The first-order valence-electron chi connectivity index (χ1n) is 6.07. The van der Waals surface area contributed by atoms with Gasteiger partial charge in [-0.25, -0.2) is 9.97 Å². The van der Waals surface area contributed by atoms with E-state index in [0.29, 0.717) is 17.9 Å². The van der Waals surface area contributed by atoms with E-state index in [2.05, 4.69) is 16.9 Å². The van der Waals surface area contributed by atoms with Gasteiger partial charge in [-0.3, -0.25) is 4.79 Å². The summed E-state index contributed by atoms with van der Waals surface area (Å²) in [7, 11) is 0. The third kappa shape index (κ3) is 4.51. The van der Waals surface area contributed by atoms with Crippen molar-refractivity contribution in [2.24, 2.45) is 0 Å². The minimum Gasteiger partial charge on any atom is -0.292 e. The zero-order valence-electron chi connectivity index (χ0n) is 10.2. The van der Waals surface area contributed by atoms with Gasteiger partial charge in [0.2, 0.25) is 0 Å². The summed E-state index contributed by atoms with van der Waals surface area (Å²) >= 11 is 0. The van der Waals surface area contributed by atoms with Crippen LogP contribution in [0.3, 0.4) is 0 Å². The second kappa shape index (κ2) is 7.09. The first kappa shape index (κ1) is 12.8. The van der Waals surface area contributed by atoms with Crippen molar-refractivity contribution in [3.8, 4) is 0 Å². The molecule has 3 nitrogen and oxygen atoms in total. The van der Waals surface area contributed by atoms with Crippen LogP contribution in [0.1, 0.15) is 61.8 Å². The number of nitrogens with zero attached hydrogens (tertiary/aromatic N) is 2. The molecule has 3 heteroatoms. The van der Waals surface area contributed by atoms with Crippen molar-refractivity contribution < 1.29 is 4.79 Å². The largest absolute Gasteiger partial charge is 0.292 e. The van der Waals surface area contributed by atoms with Gasteiger partial charge < -0.3 is 0 Å². The number of ketones is 1. The number of aromatic nitrogens is 2. The fourth-order valence-electron chi connectivity index (χ4n) is 1.63. The van der Waals surface area contributed by atoms with Crippen LogP contribution in [-0.4, -0.2) is 15.8 Å². The van der Waals surface area contributed by atoms with Crippen molar-refractivity contribution in [3.63, 3.8) is 0 Å². The lowest BCUT2D eigenvalue weighted by molar-refractivity contribution is 0.0974. The lowest BCUT2D eigenvalue weighted by atomic mass is 10.1. The third-order valence-corrected chi connectivity index (χ3v) is 2.57. The van der Waals surface area contributed by atoms with Gasteiger partial charge in [0.15, 0.2) is 5.78 Å². The van der Waals surface area contributed by atoms with Crippen LogP contribution in [0, 0.1) is 6.92 Å². The summed E-state index contributed by atoms with van der Waals surface area (Å²) in [6.07, 6.45) is 8.10. The number of unbranched alkanes of at least 4 members (excludes halogenated alkanes) is 4. The van der Waals surface area contributed by atoms with Gasteiger partial charge in [0.25, 0.3) is 0 Å². The van der Waals surface area contributed by atoms with Gasteiger partial charge in [-0.1, -0.05) is 32.6 Å². The lowest BCUT2D eigenvalue weighted by Gasteiger charge is -2.01. The second-order valence-electron chi connectivity index (χ2n) is 4.08. The normalized spacial score (nSPS) is 10.4. The molecule has 88 valence electrons. The first-order chi connectivity index (χ1) is 7.74. The van der Waals surface area contributed by atoms with Crippen molar-refractivity contribution in [3.05, 3.63) is 23.8 Å². The smallest absolute Gasteiger partial charge is 0.181 e. The Morgan fingerprint density at radius 2 is 2.00 bits per heavy atom. The zero-order valence-corrected chi connectivity index (χ0v) is 10.2. The van der Waals surface area contributed by atoms with Crippen LogP contribution in [0.15, 0.2) is 12.3 Å². The summed E-state index contributed by atoms with van der Waals surface area (Å²) in [4.78, 5) is 19.8. The third-order valence-electron chi connectivity index (χ3n) is 2.57. The predicted octanol–water partition coefficient (Wildman–Crippen LogP) is 3.33. The molecule has 0 aromatic carbocycles. The highest BCUT2D eigenvalue weighted by molar-refractivity contribution is 5.94. The van der Waals surface area contributed by atoms with Crippen molar-refractivity contribution in [1.29, 1.82) is 0 Å². The van der Waals surface area contributed by atoms with Gasteiger partial charge in [0, 0.05) is 12.6 Å². The zero-order chi connectivity index (χ0) is 11.8. The standard InChI is InChI=1S/C13H20N2O/c1-3-4-5-6-7-8-13(16)12-9-10-14-11(2)15-12/h9-10H,3-8H2,1-2H3. The molecule has 1 rings (SSSR count). The van der Waals surface area contributed by atoms with E-state index in [1.54, 1.807) is 19.2 Å². The summed E-state index contributed by atoms with van der Waals surface area (Å²) in [5, 5.41) is 0. The average Bonchev–Trinajstić information content (AvgIpc) is 2.28. The fourth-order valence-corrected chi connectivity index (χ4v) is 1.63.